The van der Waals surface area contributed by atoms with E-state index in [2.05, 4.69) is 0 Å². The van der Waals surface area contributed by atoms with E-state index >= 15 is 0 Å². The summed E-state index contributed by atoms with van der Waals surface area (Å²) in [7, 11) is 0. The Hall–Kier alpha value is -3.37. The lowest BCUT2D eigenvalue weighted by Gasteiger charge is -2.23. The second kappa shape index (κ2) is 12.5. The third kappa shape index (κ3) is 6.24. The molecule has 8 nitrogen and oxygen atoms in total. The lowest BCUT2D eigenvalue weighted by atomic mass is 10.1. The number of carbonyl (C=O) groups excluding carboxylic acids is 2. The van der Waals surface area contributed by atoms with Gasteiger partial charge in [0, 0.05) is 13.1 Å². The van der Waals surface area contributed by atoms with Crippen molar-refractivity contribution in [2.45, 2.75) is 26.8 Å². The summed E-state index contributed by atoms with van der Waals surface area (Å²) in [5.74, 6) is -0.928. The molecule has 10 heteroatoms. The number of carboxylic acids is 1. The van der Waals surface area contributed by atoms with Gasteiger partial charge in [0.05, 0.1) is 11.5 Å². The Morgan fingerprint density at radius 2 is 1.78 bits per heavy atom. The molecule has 0 aromatic heterocycles. The van der Waals surface area contributed by atoms with Gasteiger partial charge in [0.2, 0.25) is 0 Å². The third-order valence-electron chi connectivity index (χ3n) is 5.46. The Morgan fingerprint density at radius 3 is 2.39 bits per heavy atom. The van der Waals surface area contributed by atoms with Crippen LogP contribution >= 0.6 is 24.0 Å². The topological polar surface area (TPSA) is 96.4 Å². The minimum Gasteiger partial charge on any atom is -0.490 e. The summed E-state index contributed by atoms with van der Waals surface area (Å²) in [6, 6.07) is 12.4. The molecule has 36 heavy (non-hydrogen) atoms. The molecule has 2 aromatic carbocycles. The van der Waals surface area contributed by atoms with Crippen molar-refractivity contribution >= 4 is 52.2 Å². The van der Waals surface area contributed by atoms with Crippen LogP contribution in [0.4, 0.5) is 0 Å². The van der Waals surface area contributed by atoms with E-state index in [4.69, 9.17) is 21.7 Å². The summed E-state index contributed by atoms with van der Waals surface area (Å²) in [4.78, 5) is 40.7. The van der Waals surface area contributed by atoms with Crippen molar-refractivity contribution in [1.82, 2.24) is 9.80 Å². The highest BCUT2D eigenvalue weighted by Crippen LogP contribution is 2.39. The number of benzene rings is 2. The maximum atomic E-state index is 13.2. The second-order valence-electron chi connectivity index (χ2n) is 7.70. The van der Waals surface area contributed by atoms with Crippen LogP contribution in [-0.2, 0) is 14.4 Å². The highest BCUT2D eigenvalue weighted by atomic mass is 32.2. The number of carboxylic acid groups (broad SMARTS) is 1. The molecular formula is C26H28N2O6S2. The number of carbonyl (C=O) groups is 3. The molecule has 0 saturated carbocycles. The van der Waals surface area contributed by atoms with Gasteiger partial charge in [-0.3, -0.25) is 14.5 Å². The van der Waals surface area contributed by atoms with Crippen LogP contribution < -0.4 is 9.47 Å². The van der Waals surface area contributed by atoms with E-state index in [1.807, 2.05) is 20.8 Å². The zero-order valence-corrected chi connectivity index (χ0v) is 21.9. The molecule has 1 heterocycles. The average molecular weight is 529 g/mol. The van der Waals surface area contributed by atoms with Gasteiger partial charge in [-0.25, -0.2) is 4.79 Å². The summed E-state index contributed by atoms with van der Waals surface area (Å²) in [6.07, 6.45) is 1.64. The van der Waals surface area contributed by atoms with E-state index in [-0.39, 0.29) is 16.8 Å². The maximum absolute atomic E-state index is 13.2. The monoisotopic (exact) mass is 528 g/mol. The zero-order chi connectivity index (χ0) is 26.2. The number of thioether (sulfide) groups is 1. The first-order chi connectivity index (χ1) is 17.3. The Balaban J connectivity index is 1.84. The van der Waals surface area contributed by atoms with Crippen molar-refractivity contribution in [3.63, 3.8) is 0 Å². The van der Waals surface area contributed by atoms with Crippen molar-refractivity contribution in [2.75, 3.05) is 26.3 Å². The van der Waals surface area contributed by atoms with Gasteiger partial charge in [-0.2, -0.15) is 0 Å². The van der Waals surface area contributed by atoms with Crippen molar-refractivity contribution in [3.8, 4) is 11.5 Å². The zero-order valence-electron chi connectivity index (χ0n) is 20.3. The Kier molecular flexibility index (Phi) is 9.49. The molecule has 2 aromatic rings. The number of nitrogens with zero attached hydrogens (tertiary/aromatic N) is 2. The number of hydrogen-bond donors (Lipinski definition) is 1. The molecule has 0 spiro atoms. The predicted molar refractivity (Wildman–Crippen MR) is 143 cm³/mol. The van der Waals surface area contributed by atoms with Crippen LogP contribution in [0.2, 0.25) is 0 Å². The Labute approximate surface area is 219 Å². The standard InChI is InChI=1S/C26H28N2O6S2/c1-4-27(5-2)22(29)16-34-19-13-12-17(14-20(19)33-6-3)15-21-24(30)28(26(35)36-21)23(25(31)32)18-10-8-7-9-11-18/h7-15,23H,4-6,16H2,1-3H3,(H,31,32)/b21-15+. The normalized spacial score (nSPS) is 15.2. The Morgan fingerprint density at radius 1 is 1.08 bits per heavy atom. The van der Waals surface area contributed by atoms with E-state index < -0.39 is 17.9 Å². The first-order valence-electron chi connectivity index (χ1n) is 11.5. The molecule has 3 rings (SSSR count). The quantitative estimate of drug-likeness (QED) is 0.340. The average Bonchev–Trinajstić information content (AvgIpc) is 3.13. The third-order valence-corrected chi connectivity index (χ3v) is 6.79. The van der Waals surface area contributed by atoms with E-state index in [0.29, 0.717) is 47.2 Å². The van der Waals surface area contributed by atoms with Crippen LogP contribution in [0.25, 0.3) is 6.08 Å². The van der Waals surface area contributed by atoms with Crippen molar-refractivity contribution < 1.29 is 29.0 Å². The number of likely N-dealkylation sites (N-methyl/N-ethyl adjacent to an activating group) is 1. The van der Waals surface area contributed by atoms with Gasteiger partial charge in [-0.1, -0.05) is 60.4 Å². The van der Waals surface area contributed by atoms with E-state index in [1.165, 1.54) is 0 Å². The lowest BCUT2D eigenvalue weighted by molar-refractivity contribution is -0.145. The predicted octanol–water partition coefficient (Wildman–Crippen LogP) is 4.36. The number of amides is 2. The van der Waals surface area contributed by atoms with Gasteiger partial charge >= 0.3 is 5.97 Å². The maximum Gasteiger partial charge on any atom is 0.331 e. The highest BCUT2D eigenvalue weighted by Gasteiger charge is 2.41. The fourth-order valence-corrected chi connectivity index (χ4v) is 5.01. The number of aliphatic carboxylic acids is 1. The van der Waals surface area contributed by atoms with Gasteiger partial charge in [-0.15, -0.1) is 0 Å². The number of thiocarbonyl (C=S) groups is 1. The molecular weight excluding hydrogens is 500 g/mol. The molecule has 0 bridgehead atoms. The van der Waals surface area contributed by atoms with E-state index in [0.717, 1.165) is 16.7 Å². The molecule has 190 valence electrons. The molecule has 1 aliphatic heterocycles. The summed E-state index contributed by atoms with van der Waals surface area (Å²) in [6.45, 7) is 7.10. The number of hydrogen-bond acceptors (Lipinski definition) is 7. The van der Waals surface area contributed by atoms with Gasteiger partial charge in [0.1, 0.15) is 4.32 Å². The van der Waals surface area contributed by atoms with Crippen molar-refractivity contribution in [3.05, 3.63) is 64.6 Å². The fraction of sp³-hybridized carbons (Fsp3) is 0.308. The van der Waals surface area contributed by atoms with Crippen LogP contribution in [-0.4, -0.2) is 63.3 Å². The van der Waals surface area contributed by atoms with Crippen molar-refractivity contribution in [1.29, 1.82) is 0 Å². The van der Waals surface area contributed by atoms with Gasteiger partial charge in [0.15, 0.2) is 24.1 Å². The van der Waals surface area contributed by atoms with Crippen LogP contribution in [0.5, 0.6) is 11.5 Å². The van der Waals surface area contributed by atoms with Crippen LogP contribution in [0.15, 0.2) is 53.4 Å². The lowest BCUT2D eigenvalue weighted by Crippen LogP contribution is -2.37. The first-order valence-corrected chi connectivity index (χ1v) is 12.7. The summed E-state index contributed by atoms with van der Waals surface area (Å²) in [5.41, 5.74) is 1.11. The molecule has 0 aliphatic carbocycles. The molecule has 1 N–H and O–H groups in total. The SMILES string of the molecule is CCOc1cc(/C=C2/SC(=S)N(C(C(=O)O)c3ccccc3)C2=O)ccc1OCC(=O)N(CC)CC. The minimum absolute atomic E-state index is 0.115. The van der Waals surface area contributed by atoms with Crippen molar-refractivity contribution in [2.24, 2.45) is 0 Å². The molecule has 0 radical (unpaired) electrons. The highest BCUT2D eigenvalue weighted by molar-refractivity contribution is 8.26. The molecule has 1 aliphatic rings. The molecule has 1 fully saturated rings. The van der Waals surface area contributed by atoms with Crippen LogP contribution in [0.3, 0.4) is 0 Å². The summed E-state index contributed by atoms with van der Waals surface area (Å²) in [5, 5.41) is 9.84. The fourth-order valence-electron chi connectivity index (χ4n) is 3.70. The first kappa shape index (κ1) is 27.2. The second-order valence-corrected chi connectivity index (χ2v) is 9.37. The molecule has 1 unspecified atom stereocenters. The number of ether oxygens (including phenoxy) is 2. The van der Waals surface area contributed by atoms with Crippen LogP contribution in [0, 0.1) is 0 Å². The summed E-state index contributed by atoms with van der Waals surface area (Å²) >= 11 is 6.42. The minimum atomic E-state index is -1.22. The van der Waals surface area contributed by atoms with Gasteiger partial charge < -0.3 is 19.5 Å². The Bertz CT molecular complexity index is 1160. The summed E-state index contributed by atoms with van der Waals surface area (Å²) < 4.78 is 11.6. The van der Waals surface area contributed by atoms with Gasteiger partial charge in [0.25, 0.3) is 11.8 Å². The smallest absolute Gasteiger partial charge is 0.331 e. The van der Waals surface area contributed by atoms with Gasteiger partial charge in [-0.05, 0) is 50.1 Å². The molecule has 1 saturated heterocycles. The van der Waals surface area contributed by atoms with E-state index in [1.54, 1.807) is 59.5 Å². The largest absolute Gasteiger partial charge is 0.490 e. The van der Waals surface area contributed by atoms with Crippen LogP contribution in [0.1, 0.15) is 37.9 Å². The van der Waals surface area contributed by atoms with E-state index in [9.17, 15) is 19.5 Å². The molecule has 1 atom stereocenters. The number of rotatable bonds is 11. The molecule has 2 amide bonds.